The Balaban J connectivity index is 1.52. The summed E-state index contributed by atoms with van der Waals surface area (Å²) in [6.07, 6.45) is 3.23. The number of aromatic carboxylic acids is 1. The molecule has 3 heterocycles. The maximum Gasteiger partial charge on any atom is 0.354 e. The van der Waals surface area contributed by atoms with Gasteiger partial charge in [-0.15, -0.1) is 0 Å². The van der Waals surface area contributed by atoms with Crippen molar-refractivity contribution >= 4 is 23.1 Å². The number of rotatable bonds is 5. The van der Waals surface area contributed by atoms with Crippen LogP contribution in [0.25, 0.3) is 11.1 Å². The summed E-state index contributed by atoms with van der Waals surface area (Å²) < 4.78 is 16.8. The van der Waals surface area contributed by atoms with Crippen LogP contribution in [-0.4, -0.2) is 40.3 Å². The molecule has 1 aliphatic heterocycles. The lowest BCUT2D eigenvalue weighted by molar-refractivity contribution is 0.0690. The zero-order valence-electron chi connectivity index (χ0n) is 13.8. The highest BCUT2D eigenvalue weighted by molar-refractivity contribution is 5.85. The van der Waals surface area contributed by atoms with Gasteiger partial charge >= 0.3 is 5.97 Å². The fourth-order valence-electron chi connectivity index (χ4n) is 2.77. The van der Waals surface area contributed by atoms with Crippen molar-refractivity contribution in [2.24, 2.45) is 0 Å². The van der Waals surface area contributed by atoms with Crippen molar-refractivity contribution in [3.8, 4) is 11.5 Å². The van der Waals surface area contributed by atoms with E-state index in [1.54, 1.807) is 24.3 Å². The number of carbonyl (C=O) groups is 1. The number of carboxylic acids is 1. The maximum absolute atomic E-state index is 11.0. The quantitative estimate of drug-likeness (QED) is 0.718. The highest BCUT2D eigenvalue weighted by atomic mass is 16.5. The molecule has 0 amide bonds. The lowest BCUT2D eigenvalue weighted by atomic mass is 10.1. The number of nitrogens with zero attached hydrogens (tertiary/aromatic N) is 2. The molecule has 8 heteroatoms. The topological polar surface area (TPSA) is 107 Å². The van der Waals surface area contributed by atoms with E-state index < -0.39 is 5.97 Å². The van der Waals surface area contributed by atoms with Crippen LogP contribution < -0.4 is 10.1 Å². The van der Waals surface area contributed by atoms with Crippen LogP contribution in [0.5, 0.6) is 11.5 Å². The summed E-state index contributed by atoms with van der Waals surface area (Å²) in [5.41, 5.74) is 1.23. The van der Waals surface area contributed by atoms with Gasteiger partial charge in [0.2, 0.25) is 0 Å². The molecule has 2 aromatic heterocycles. The highest BCUT2D eigenvalue weighted by Crippen LogP contribution is 2.28. The van der Waals surface area contributed by atoms with Crippen molar-refractivity contribution in [1.82, 2.24) is 9.97 Å². The van der Waals surface area contributed by atoms with E-state index in [-0.39, 0.29) is 5.69 Å². The van der Waals surface area contributed by atoms with E-state index >= 15 is 0 Å². The molecular weight excluding hydrogens is 338 g/mol. The number of ether oxygens (including phenoxy) is 2. The Hall–Kier alpha value is -3.13. The van der Waals surface area contributed by atoms with Gasteiger partial charge in [-0.25, -0.2) is 9.78 Å². The Labute approximate surface area is 148 Å². The maximum atomic E-state index is 11.0. The zero-order valence-corrected chi connectivity index (χ0v) is 13.8. The molecule has 1 aliphatic rings. The van der Waals surface area contributed by atoms with E-state index in [1.807, 2.05) is 0 Å². The van der Waals surface area contributed by atoms with Crippen LogP contribution in [0.2, 0.25) is 0 Å². The number of pyridine rings is 1. The van der Waals surface area contributed by atoms with Gasteiger partial charge < -0.3 is 24.3 Å². The number of anilines is 1. The number of benzene rings is 1. The number of hydrogen-bond donors (Lipinski definition) is 2. The second-order valence-electron chi connectivity index (χ2n) is 5.96. The normalized spacial score (nSPS) is 15.1. The molecule has 1 aromatic carbocycles. The number of fused-ring (bicyclic) bond motifs is 1. The minimum Gasteiger partial charge on any atom is -0.477 e. The third kappa shape index (κ3) is 3.60. The third-order valence-corrected chi connectivity index (χ3v) is 4.10. The second kappa shape index (κ2) is 7.01. The number of hydrogen-bond acceptors (Lipinski definition) is 7. The first-order valence-corrected chi connectivity index (χ1v) is 8.29. The first-order valence-electron chi connectivity index (χ1n) is 8.29. The van der Waals surface area contributed by atoms with E-state index in [9.17, 15) is 4.79 Å². The first kappa shape index (κ1) is 16.3. The van der Waals surface area contributed by atoms with Gasteiger partial charge in [-0.05, 0) is 31.0 Å². The standard InChI is InChI=1S/C18H17N3O5/c22-17(23)15-9-13(3-6-19-15)25-12-1-2-14-16(10-12)26-18(21-14)20-11-4-7-24-8-5-11/h1-3,6,9-11H,4-5,7-8H2,(H,20,21)(H,22,23). The summed E-state index contributed by atoms with van der Waals surface area (Å²) >= 11 is 0. The summed E-state index contributed by atoms with van der Waals surface area (Å²) in [5, 5.41) is 12.3. The Morgan fingerprint density at radius 3 is 2.81 bits per heavy atom. The zero-order chi connectivity index (χ0) is 17.9. The summed E-state index contributed by atoms with van der Waals surface area (Å²) in [7, 11) is 0. The SMILES string of the molecule is O=C(O)c1cc(Oc2ccc3nc(NC4CCOCC4)oc3c2)ccn1. The molecule has 2 N–H and O–H groups in total. The van der Waals surface area contributed by atoms with Crippen LogP contribution >= 0.6 is 0 Å². The smallest absolute Gasteiger partial charge is 0.354 e. The molecule has 134 valence electrons. The monoisotopic (exact) mass is 355 g/mol. The lowest BCUT2D eigenvalue weighted by Gasteiger charge is -2.21. The van der Waals surface area contributed by atoms with E-state index in [2.05, 4.69) is 15.3 Å². The van der Waals surface area contributed by atoms with Gasteiger partial charge in [0.25, 0.3) is 6.01 Å². The Bertz CT molecular complexity index is 933. The van der Waals surface area contributed by atoms with Crippen molar-refractivity contribution in [1.29, 1.82) is 0 Å². The van der Waals surface area contributed by atoms with Crippen LogP contribution in [0.3, 0.4) is 0 Å². The number of nitrogens with one attached hydrogen (secondary N) is 1. The van der Waals surface area contributed by atoms with Crippen molar-refractivity contribution in [2.45, 2.75) is 18.9 Å². The molecule has 0 aliphatic carbocycles. The molecule has 0 saturated carbocycles. The van der Waals surface area contributed by atoms with Crippen molar-refractivity contribution in [3.05, 3.63) is 42.2 Å². The number of carboxylic acid groups (broad SMARTS) is 1. The van der Waals surface area contributed by atoms with Crippen molar-refractivity contribution in [3.63, 3.8) is 0 Å². The highest BCUT2D eigenvalue weighted by Gasteiger charge is 2.16. The molecule has 1 fully saturated rings. The van der Waals surface area contributed by atoms with Crippen LogP contribution in [0.4, 0.5) is 6.01 Å². The third-order valence-electron chi connectivity index (χ3n) is 4.10. The van der Waals surface area contributed by atoms with E-state index in [4.69, 9.17) is 19.0 Å². The Morgan fingerprint density at radius 2 is 2.00 bits per heavy atom. The molecule has 4 rings (SSSR count). The summed E-state index contributed by atoms with van der Waals surface area (Å²) in [6.45, 7) is 1.47. The Morgan fingerprint density at radius 1 is 1.19 bits per heavy atom. The largest absolute Gasteiger partial charge is 0.477 e. The molecule has 0 bridgehead atoms. The average molecular weight is 355 g/mol. The van der Waals surface area contributed by atoms with Gasteiger partial charge in [-0.3, -0.25) is 0 Å². The van der Waals surface area contributed by atoms with Crippen LogP contribution in [-0.2, 0) is 4.74 Å². The predicted octanol–water partition coefficient (Wildman–Crippen LogP) is 3.30. The van der Waals surface area contributed by atoms with Gasteiger partial charge in [0.15, 0.2) is 11.3 Å². The van der Waals surface area contributed by atoms with Crippen molar-refractivity contribution < 1.29 is 23.8 Å². The first-order chi connectivity index (χ1) is 12.7. The summed E-state index contributed by atoms with van der Waals surface area (Å²) in [4.78, 5) is 19.2. The number of oxazole rings is 1. The predicted molar refractivity (Wildman–Crippen MR) is 92.7 cm³/mol. The lowest BCUT2D eigenvalue weighted by Crippen LogP contribution is -2.27. The van der Waals surface area contributed by atoms with Gasteiger partial charge in [-0.2, -0.15) is 4.98 Å². The van der Waals surface area contributed by atoms with Crippen molar-refractivity contribution in [2.75, 3.05) is 18.5 Å². The molecule has 3 aromatic rings. The molecule has 0 atom stereocenters. The minimum absolute atomic E-state index is 0.0776. The second-order valence-corrected chi connectivity index (χ2v) is 5.96. The van der Waals surface area contributed by atoms with E-state index in [1.165, 1.54) is 12.3 Å². The Kier molecular flexibility index (Phi) is 4.40. The van der Waals surface area contributed by atoms with E-state index in [0.29, 0.717) is 34.7 Å². The van der Waals surface area contributed by atoms with Gasteiger partial charge in [0.1, 0.15) is 17.0 Å². The van der Waals surface area contributed by atoms with Gasteiger partial charge in [-0.1, -0.05) is 0 Å². The molecule has 8 nitrogen and oxygen atoms in total. The average Bonchev–Trinajstić information content (AvgIpc) is 3.04. The number of aromatic nitrogens is 2. The van der Waals surface area contributed by atoms with E-state index in [0.717, 1.165) is 26.1 Å². The summed E-state index contributed by atoms with van der Waals surface area (Å²) in [5.74, 6) is -0.199. The van der Waals surface area contributed by atoms with Crippen LogP contribution in [0, 0.1) is 0 Å². The van der Waals surface area contributed by atoms with Crippen LogP contribution in [0.15, 0.2) is 40.9 Å². The minimum atomic E-state index is -1.11. The van der Waals surface area contributed by atoms with Crippen LogP contribution in [0.1, 0.15) is 23.3 Å². The molecular formula is C18H17N3O5. The van der Waals surface area contributed by atoms with Gasteiger partial charge in [0.05, 0.1) is 0 Å². The van der Waals surface area contributed by atoms with Gasteiger partial charge in [0, 0.05) is 37.6 Å². The fraction of sp³-hybridized carbons (Fsp3) is 0.278. The molecule has 26 heavy (non-hydrogen) atoms. The fourth-order valence-corrected chi connectivity index (χ4v) is 2.77. The molecule has 0 radical (unpaired) electrons. The molecule has 0 spiro atoms. The molecule has 1 saturated heterocycles. The summed E-state index contributed by atoms with van der Waals surface area (Å²) in [6, 6.07) is 8.99. The molecule has 0 unspecified atom stereocenters.